The summed E-state index contributed by atoms with van der Waals surface area (Å²) in [7, 11) is 0. The van der Waals surface area contributed by atoms with E-state index in [1.54, 1.807) is 12.1 Å². The van der Waals surface area contributed by atoms with E-state index in [2.05, 4.69) is 46.6 Å². The maximum absolute atomic E-state index is 13.7. The quantitative estimate of drug-likeness (QED) is 0.469. The maximum atomic E-state index is 13.7. The van der Waals surface area contributed by atoms with E-state index in [9.17, 15) is 4.39 Å². The van der Waals surface area contributed by atoms with Crippen LogP contribution in [-0.4, -0.2) is 14.8 Å². The first kappa shape index (κ1) is 18.8. The number of rotatable bonds is 3. The average Bonchev–Trinajstić information content (AvgIpc) is 3.31. The Morgan fingerprint density at radius 1 is 0.969 bits per heavy atom. The number of halogens is 1. The minimum Gasteiger partial charge on any atom is -0.480 e. The predicted molar refractivity (Wildman–Crippen MR) is 121 cm³/mol. The number of nitrogens with one attached hydrogen (secondary N) is 1. The van der Waals surface area contributed by atoms with Gasteiger partial charge in [0.25, 0.3) is 0 Å². The van der Waals surface area contributed by atoms with Crippen molar-refractivity contribution in [2.24, 2.45) is 0 Å². The Labute approximate surface area is 185 Å². The van der Waals surface area contributed by atoms with Crippen LogP contribution in [0, 0.1) is 5.82 Å². The van der Waals surface area contributed by atoms with Gasteiger partial charge in [-0.2, -0.15) is 10.1 Å². The predicted octanol–water partition coefficient (Wildman–Crippen LogP) is 5.54. The van der Waals surface area contributed by atoms with Crippen molar-refractivity contribution in [2.75, 3.05) is 5.32 Å². The number of aromatic nitrogens is 3. The molecule has 0 saturated carbocycles. The number of hydrogen-bond acceptors (Lipinski definition) is 4. The van der Waals surface area contributed by atoms with Crippen LogP contribution < -0.4 is 10.1 Å². The number of fused-ring (bicyclic) bond motifs is 3. The van der Waals surface area contributed by atoms with Gasteiger partial charge in [0.15, 0.2) is 0 Å². The second-order valence-corrected chi connectivity index (χ2v) is 8.03. The number of aryl methyl sites for hydroxylation is 1. The fourth-order valence-electron chi connectivity index (χ4n) is 4.59. The van der Waals surface area contributed by atoms with E-state index in [1.807, 2.05) is 28.9 Å². The van der Waals surface area contributed by atoms with E-state index in [0.29, 0.717) is 5.95 Å². The summed E-state index contributed by atoms with van der Waals surface area (Å²) in [6.45, 7) is 2.14. The molecule has 2 aliphatic rings. The molecule has 0 radical (unpaired) electrons. The number of hydrogen-bond donors (Lipinski definition) is 1. The molecule has 2 aliphatic heterocycles. The van der Waals surface area contributed by atoms with E-state index in [1.165, 1.54) is 24.0 Å². The highest BCUT2D eigenvalue weighted by Crippen LogP contribution is 2.50. The Morgan fingerprint density at radius 3 is 2.50 bits per heavy atom. The summed E-state index contributed by atoms with van der Waals surface area (Å²) in [4.78, 5) is 4.43. The van der Waals surface area contributed by atoms with Crippen LogP contribution >= 0.6 is 0 Å². The molecule has 5 nitrogen and oxygen atoms in total. The molecule has 0 bridgehead atoms. The van der Waals surface area contributed by atoms with Gasteiger partial charge < -0.3 is 10.1 Å². The molecule has 2 atom stereocenters. The van der Waals surface area contributed by atoms with Gasteiger partial charge in [-0.1, -0.05) is 55.5 Å². The molecule has 0 unspecified atom stereocenters. The lowest BCUT2D eigenvalue weighted by molar-refractivity contribution is 0.223. The maximum Gasteiger partial charge on any atom is 0.226 e. The topological polar surface area (TPSA) is 52.0 Å². The summed E-state index contributed by atoms with van der Waals surface area (Å²) >= 11 is 0. The third kappa shape index (κ3) is 2.91. The van der Waals surface area contributed by atoms with Gasteiger partial charge in [-0.15, -0.1) is 0 Å². The second-order valence-electron chi connectivity index (χ2n) is 8.03. The lowest BCUT2D eigenvalue weighted by Crippen LogP contribution is -2.32. The molecule has 3 heterocycles. The van der Waals surface area contributed by atoms with E-state index in [-0.39, 0.29) is 18.0 Å². The third-order valence-corrected chi connectivity index (χ3v) is 6.20. The number of para-hydroxylation sites is 1. The molecule has 6 heteroatoms. The molecule has 1 aromatic heterocycles. The first-order valence-corrected chi connectivity index (χ1v) is 10.7. The molecular formula is C26H21FN4O. The monoisotopic (exact) mass is 424 g/mol. The van der Waals surface area contributed by atoms with Crippen molar-refractivity contribution in [3.8, 4) is 5.75 Å². The van der Waals surface area contributed by atoms with E-state index < -0.39 is 0 Å². The van der Waals surface area contributed by atoms with Gasteiger partial charge in [0.2, 0.25) is 5.95 Å². The molecule has 1 N–H and O–H groups in total. The lowest BCUT2D eigenvalue weighted by Gasteiger charge is -2.39. The third-order valence-electron chi connectivity index (χ3n) is 6.20. The highest BCUT2D eigenvalue weighted by Gasteiger charge is 2.40. The second kappa shape index (κ2) is 7.34. The molecule has 0 amide bonds. The van der Waals surface area contributed by atoms with E-state index in [4.69, 9.17) is 4.74 Å². The van der Waals surface area contributed by atoms with Gasteiger partial charge in [0.05, 0.1) is 5.70 Å². The van der Waals surface area contributed by atoms with Crippen LogP contribution in [0.15, 0.2) is 84.7 Å². The Balaban J connectivity index is 1.60. The van der Waals surface area contributed by atoms with Gasteiger partial charge in [0.1, 0.15) is 30.0 Å². The van der Waals surface area contributed by atoms with Crippen LogP contribution in [0.4, 0.5) is 10.3 Å². The molecular weight excluding hydrogens is 403 g/mol. The van der Waals surface area contributed by atoms with Crippen LogP contribution in [0.2, 0.25) is 0 Å². The fraction of sp³-hybridized carbons (Fsp3) is 0.154. The molecule has 0 fully saturated rings. The molecule has 0 spiro atoms. The van der Waals surface area contributed by atoms with Crippen molar-refractivity contribution in [3.05, 3.63) is 113 Å². The molecule has 158 valence electrons. The first-order chi connectivity index (χ1) is 15.7. The van der Waals surface area contributed by atoms with Crippen molar-refractivity contribution < 1.29 is 9.13 Å². The van der Waals surface area contributed by atoms with Crippen molar-refractivity contribution in [1.82, 2.24) is 14.8 Å². The van der Waals surface area contributed by atoms with Gasteiger partial charge in [0, 0.05) is 11.1 Å². The summed E-state index contributed by atoms with van der Waals surface area (Å²) in [5, 5.41) is 7.98. The highest BCUT2D eigenvalue weighted by atomic mass is 19.1. The van der Waals surface area contributed by atoms with Crippen molar-refractivity contribution >= 4 is 11.6 Å². The molecule has 4 aromatic rings. The lowest BCUT2D eigenvalue weighted by atomic mass is 9.84. The van der Waals surface area contributed by atoms with Crippen molar-refractivity contribution in [3.63, 3.8) is 0 Å². The van der Waals surface area contributed by atoms with Crippen LogP contribution in [0.25, 0.3) is 5.70 Å². The van der Waals surface area contributed by atoms with E-state index >= 15 is 0 Å². The van der Waals surface area contributed by atoms with Gasteiger partial charge in [-0.25, -0.2) is 9.07 Å². The largest absolute Gasteiger partial charge is 0.480 e. The highest BCUT2D eigenvalue weighted by molar-refractivity contribution is 5.85. The number of nitrogens with zero attached hydrogens (tertiary/aromatic N) is 3. The zero-order chi connectivity index (χ0) is 21.7. The van der Waals surface area contributed by atoms with Gasteiger partial charge in [-0.05, 0) is 47.4 Å². The minimum atomic E-state index is -0.328. The molecule has 6 rings (SSSR count). The standard InChI is InChI=1S/C26H21FN4O/c1-2-16-7-9-18(10-8-16)25-22-23(20-5-3-4-6-21(20)32-25)30-26-28-15-29-31(26)24(22)17-11-13-19(27)14-12-17/h3-15,24-25H,2H2,1H3,(H,28,29,30)/t24-,25+/m0/s1. The summed E-state index contributed by atoms with van der Waals surface area (Å²) in [5.41, 5.74) is 6.22. The van der Waals surface area contributed by atoms with Crippen LogP contribution in [0.3, 0.4) is 0 Å². The number of ether oxygens (including phenoxy) is 1. The molecule has 0 aliphatic carbocycles. The number of benzene rings is 3. The Bertz CT molecular complexity index is 1320. The summed E-state index contributed by atoms with van der Waals surface area (Å²) in [6, 6.07) is 22.8. The zero-order valence-electron chi connectivity index (χ0n) is 17.5. The molecule has 32 heavy (non-hydrogen) atoms. The fourth-order valence-corrected chi connectivity index (χ4v) is 4.59. The Kier molecular flexibility index (Phi) is 4.31. The van der Waals surface area contributed by atoms with Crippen LogP contribution in [-0.2, 0) is 6.42 Å². The number of anilines is 1. The molecule has 3 aromatic carbocycles. The summed E-state index contributed by atoms with van der Waals surface area (Å²) in [5.74, 6) is 1.19. The summed E-state index contributed by atoms with van der Waals surface area (Å²) < 4.78 is 22.2. The van der Waals surface area contributed by atoms with Gasteiger partial charge in [-0.3, -0.25) is 0 Å². The normalized spacial score (nSPS) is 18.8. The van der Waals surface area contributed by atoms with Crippen molar-refractivity contribution in [1.29, 1.82) is 0 Å². The SMILES string of the molecule is CCc1ccc([C@H]2Oc3ccccc3C3=C2[C@H](c2ccc(F)cc2)n2ncnc2N3)cc1. The zero-order valence-corrected chi connectivity index (χ0v) is 17.5. The Morgan fingerprint density at radius 2 is 1.72 bits per heavy atom. The van der Waals surface area contributed by atoms with Crippen LogP contribution in [0.1, 0.15) is 41.3 Å². The van der Waals surface area contributed by atoms with Crippen molar-refractivity contribution in [2.45, 2.75) is 25.5 Å². The minimum absolute atomic E-state index is 0.271. The van der Waals surface area contributed by atoms with Gasteiger partial charge >= 0.3 is 0 Å². The smallest absolute Gasteiger partial charge is 0.226 e. The first-order valence-electron chi connectivity index (χ1n) is 10.7. The Hall–Kier alpha value is -3.93. The molecule has 0 saturated heterocycles. The van der Waals surface area contributed by atoms with E-state index in [0.717, 1.165) is 40.1 Å². The average molecular weight is 424 g/mol. The summed E-state index contributed by atoms with van der Waals surface area (Å²) in [6.07, 6.45) is 2.19. The van der Waals surface area contributed by atoms with Crippen LogP contribution in [0.5, 0.6) is 5.75 Å².